The maximum atomic E-state index is 4.56. The van der Waals surface area contributed by atoms with Gasteiger partial charge in [-0.05, 0) is 50.3 Å². The minimum Gasteiger partial charge on any atom is -0.355 e. The Bertz CT molecular complexity index is 606. The van der Waals surface area contributed by atoms with Crippen LogP contribution in [-0.2, 0) is 6.54 Å². The summed E-state index contributed by atoms with van der Waals surface area (Å²) < 4.78 is 0.336. The number of likely N-dealkylation sites (N-methyl/N-ethyl adjacent to an activating group) is 1. The van der Waals surface area contributed by atoms with Crippen molar-refractivity contribution < 1.29 is 0 Å². The molecule has 1 aromatic rings. The molecular formula is C19H32N6S. The van der Waals surface area contributed by atoms with Crippen molar-refractivity contribution in [3.05, 3.63) is 23.9 Å². The molecule has 26 heavy (non-hydrogen) atoms. The van der Waals surface area contributed by atoms with Gasteiger partial charge < -0.3 is 20.4 Å². The average Bonchev–Trinajstić information content (AvgIpc) is 3.09. The molecule has 144 valence electrons. The molecule has 1 unspecified atom stereocenters. The summed E-state index contributed by atoms with van der Waals surface area (Å²) in [6.07, 6.45) is 4.51. The van der Waals surface area contributed by atoms with Crippen LogP contribution in [0.1, 0.15) is 25.3 Å². The summed E-state index contributed by atoms with van der Waals surface area (Å²) in [5.74, 6) is 3.22. The number of piperazine rings is 1. The number of pyridine rings is 1. The van der Waals surface area contributed by atoms with Crippen molar-refractivity contribution in [2.45, 2.75) is 31.1 Å². The second kappa shape index (κ2) is 8.95. The lowest BCUT2D eigenvalue weighted by atomic mass is 10.1. The zero-order chi connectivity index (χ0) is 18.4. The van der Waals surface area contributed by atoms with E-state index in [1.54, 1.807) is 0 Å². The van der Waals surface area contributed by atoms with Gasteiger partial charge in [-0.3, -0.25) is 4.99 Å². The predicted octanol–water partition coefficient (Wildman–Crippen LogP) is 1.78. The van der Waals surface area contributed by atoms with Crippen LogP contribution >= 0.6 is 11.8 Å². The normalized spacial score (nSPS) is 24.7. The Morgan fingerprint density at radius 2 is 2.12 bits per heavy atom. The van der Waals surface area contributed by atoms with Gasteiger partial charge in [0.2, 0.25) is 0 Å². The summed E-state index contributed by atoms with van der Waals surface area (Å²) in [6.45, 7) is 8.33. The van der Waals surface area contributed by atoms with Crippen molar-refractivity contribution >= 4 is 23.5 Å². The third-order valence-corrected chi connectivity index (χ3v) is 6.79. The zero-order valence-corrected chi connectivity index (χ0v) is 17.1. The molecule has 3 rings (SSSR count). The van der Waals surface area contributed by atoms with Crippen molar-refractivity contribution in [3.63, 3.8) is 0 Å². The van der Waals surface area contributed by atoms with Crippen molar-refractivity contribution in [2.75, 3.05) is 57.5 Å². The summed E-state index contributed by atoms with van der Waals surface area (Å²) in [6, 6.07) is 4.27. The summed E-state index contributed by atoms with van der Waals surface area (Å²) in [5.41, 5.74) is 1.23. The lowest BCUT2D eigenvalue weighted by molar-refractivity contribution is 0.312. The Labute approximate surface area is 161 Å². The lowest BCUT2D eigenvalue weighted by Crippen LogP contribution is -2.45. The quantitative estimate of drug-likeness (QED) is 0.604. The SMILES string of the molecule is CN=C(NCc1ccnc(N2CCN(C)CC2)c1)NCC1(C)CCCS1. The number of hydrogen-bond donors (Lipinski definition) is 2. The van der Waals surface area contributed by atoms with E-state index in [0.29, 0.717) is 4.75 Å². The van der Waals surface area contributed by atoms with Crippen molar-refractivity contribution in [2.24, 2.45) is 4.99 Å². The molecule has 3 heterocycles. The average molecular weight is 377 g/mol. The Balaban J connectivity index is 1.51. The van der Waals surface area contributed by atoms with Crippen LogP contribution in [0.2, 0.25) is 0 Å². The highest BCUT2D eigenvalue weighted by atomic mass is 32.2. The Morgan fingerprint density at radius 3 is 2.81 bits per heavy atom. The smallest absolute Gasteiger partial charge is 0.191 e. The Hall–Kier alpha value is -1.47. The van der Waals surface area contributed by atoms with Crippen LogP contribution in [0.15, 0.2) is 23.3 Å². The maximum Gasteiger partial charge on any atom is 0.191 e. The first-order valence-corrected chi connectivity index (χ1v) is 10.5. The largest absolute Gasteiger partial charge is 0.355 e. The number of hydrogen-bond acceptors (Lipinski definition) is 5. The second-order valence-corrected chi connectivity index (χ2v) is 9.18. The van der Waals surface area contributed by atoms with Gasteiger partial charge in [0.05, 0.1) is 0 Å². The van der Waals surface area contributed by atoms with E-state index in [-0.39, 0.29) is 0 Å². The fourth-order valence-corrected chi connectivity index (χ4v) is 4.68. The van der Waals surface area contributed by atoms with E-state index in [1.807, 2.05) is 13.2 Å². The number of guanidine groups is 1. The van der Waals surface area contributed by atoms with Gasteiger partial charge in [0.1, 0.15) is 5.82 Å². The Kier molecular flexibility index (Phi) is 6.64. The topological polar surface area (TPSA) is 55.8 Å². The lowest BCUT2D eigenvalue weighted by Gasteiger charge is -2.33. The van der Waals surface area contributed by atoms with Gasteiger partial charge in [0, 0.05) is 57.3 Å². The number of aliphatic imine (C=N–C) groups is 1. The highest BCUT2D eigenvalue weighted by Gasteiger charge is 2.29. The highest BCUT2D eigenvalue weighted by Crippen LogP contribution is 2.36. The summed E-state index contributed by atoms with van der Waals surface area (Å²) in [4.78, 5) is 13.7. The Morgan fingerprint density at radius 1 is 1.31 bits per heavy atom. The van der Waals surface area contributed by atoms with E-state index >= 15 is 0 Å². The fraction of sp³-hybridized carbons (Fsp3) is 0.684. The molecule has 2 aliphatic rings. The molecule has 2 aliphatic heterocycles. The van der Waals surface area contributed by atoms with E-state index in [0.717, 1.165) is 51.0 Å². The molecule has 2 fully saturated rings. The van der Waals surface area contributed by atoms with Crippen LogP contribution < -0.4 is 15.5 Å². The molecule has 1 aromatic heterocycles. The minimum absolute atomic E-state index is 0.336. The van der Waals surface area contributed by atoms with Crippen LogP contribution in [0.4, 0.5) is 5.82 Å². The molecule has 0 saturated carbocycles. The van der Waals surface area contributed by atoms with E-state index in [2.05, 4.69) is 68.3 Å². The fourth-order valence-electron chi connectivity index (χ4n) is 3.43. The number of nitrogens with one attached hydrogen (secondary N) is 2. The van der Waals surface area contributed by atoms with E-state index in [1.165, 1.54) is 24.2 Å². The van der Waals surface area contributed by atoms with Gasteiger partial charge in [0.25, 0.3) is 0 Å². The monoisotopic (exact) mass is 376 g/mol. The van der Waals surface area contributed by atoms with Gasteiger partial charge in [-0.25, -0.2) is 4.98 Å². The van der Waals surface area contributed by atoms with Gasteiger partial charge in [-0.1, -0.05) is 0 Å². The van der Waals surface area contributed by atoms with Gasteiger partial charge >= 0.3 is 0 Å². The van der Waals surface area contributed by atoms with E-state index in [4.69, 9.17) is 0 Å². The number of thioether (sulfide) groups is 1. The first-order valence-electron chi connectivity index (χ1n) is 9.55. The molecule has 0 spiro atoms. The molecular weight excluding hydrogens is 344 g/mol. The first kappa shape index (κ1) is 19.3. The summed E-state index contributed by atoms with van der Waals surface area (Å²) in [5, 5.41) is 6.93. The molecule has 2 saturated heterocycles. The van der Waals surface area contributed by atoms with Crippen LogP contribution in [-0.4, -0.2) is 73.2 Å². The molecule has 0 aliphatic carbocycles. The first-order chi connectivity index (χ1) is 12.6. The third-order valence-electron chi connectivity index (χ3n) is 5.25. The molecule has 0 radical (unpaired) electrons. The third kappa shape index (κ3) is 5.27. The van der Waals surface area contributed by atoms with Crippen LogP contribution in [0.3, 0.4) is 0 Å². The second-order valence-electron chi connectivity index (χ2n) is 7.49. The van der Waals surface area contributed by atoms with Gasteiger partial charge in [-0.15, -0.1) is 0 Å². The summed E-state index contributed by atoms with van der Waals surface area (Å²) >= 11 is 2.07. The van der Waals surface area contributed by atoms with Gasteiger partial charge in [0.15, 0.2) is 5.96 Å². The maximum absolute atomic E-state index is 4.56. The standard InChI is InChI=1S/C19H32N6S/c1-19(6-4-12-26-19)15-23-18(20-2)22-14-16-5-7-21-17(13-16)25-10-8-24(3)9-11-25/h5,7,13H,4,6,8-12,14-15H2,1-3H3,(H2,20,22,23). The van der Waals surface area contributed by atoms with Crippen molar-refractivity contribution in [1.82, 2.24) is 20.5 Å². The summed E-state index contributed by atoms with van der Waals surface area (Å²) in [7, 11) is 4.01. The minimum atomic E-state index is 0.336. The molecule has 0 amide bonds. The predicted molar refractivity (Wildman–Crippen MR) is 112 cm³/mol. The van der Waals surface area contributed by atoms with E-state index < -0.39 is 0 Å². The van der Waals surface area contributed by atoms with Crippen molar-refractivity contribution in [1.29, 1.82) is 0 Å². The molecule has 1 atom stereocenters. The number of aromatic nitrogens is 1. The number of nitrogens with zero attached hydrogens (tertiary/aromatic N) is 4. The molecule has 0 aromatic carbocycles. The number of anilines is 1. The zero-order valence-electron chi connectivity index (χ0n) is 16.3. The van der Waals surface area contributed by atoms with Crippen LogP contribution in [0, 0.1) is 0 Å². The van der Waals surface area contributed by atoms with E-state index in [9.17, 15) is 0 Å². The van der Waals surface area contributed by atoms with Crippen LogP contribution in [0.5, 0.6) is 0 Å². The number of rotatable bonds is 5. The van der Waals surface area contributed by atoms with Crippen LogP contribution in [0.25, 0.3) is 0 Å². The molecule has 7 heteroatoms. The highest BCUT2D eigenvalue weighted by molar-refractivity contribution is 8.00. The molecule has 6 nitrogen and oxygen atoms in total. The van der Waals surface area contributed by atoms with Crippen molar-refractivity contribution in [3.8, 4) is 0 Å². The molecule has 2 N–H and O–H groups in total. The molecule has 0 bridgehead atoms. The van der Waals surface area contributed by atoms with Gasteiger partial charge in [-0.2, -0.15) is 11.8 Å².